The van der Waals surface area contributed by atoms with Gasteiger partial charge in [-0.15, -0.1) is 0 Å². The van der Waals surface area contributed by atoms with Gasteiger partial charge in [0.15, 0.2) is 11.5 Å². The van der Waals surface area contributed by atoms with E-state index in [9.17, 15) is 5.11 Å². The molecule has 0 aliphatic rings. The minimum atomic E-state index is 0.135. The van der Waals surface area contributed by atoms with Crippen LogP contribution in [0.5, 0.6) is 11.5 Å². The Morgan fingerprint density at radius 1 is 1.20 bits per heavy atom. The maximum absolute atomic E-state index is 9.78. The number of nitrogens with one attached hydrogen (secondary N) is 1. The molecule has 0 aliphatic carbocycles. The highest BCUT2D eigenvalue weighted by atomic mass is 16.5. The largest absolute Gasteiger partial charge is 0.504 e. The van der Waals surface area contributed by atoms with E-state index >= 15 is 0 Å². The quantitative estimate of drug-likeness (QED) is 0.580. The SMILES string of the molecule is COc1cc(-c2cncn2CCc2c[nH]c3ccccc23)ccc1O. The summed E-state index contributed by atoms with van der Waals surface area (Å²) in [6, 6.07) is 13.7. The Morgan fingerprint density at radius 3 is 2.96 bits per heavy atom. The zero-order valence-corrected chi connectivity index (χ0v) is 13.9. The average Bonchev–Trinajstić information content (AvgIpc) is 3.27. The number of imidazole rings is 1. The molecule has 0 unspecified atom stereocenters. The van der Waals surface area contributed by atoms with Gasteiger partial charge in [-0.05, 0) is 36.2 Å². The fraction of sp³-hybridized carbons (Fsp3) is 0.150. The van der Waals surface area contributed by atoms with E-state index in [0.717, 1.165) is 29.7 Å². The Labute approximate surface area is 145 Å². The molecule has 2 N–H and O–H groups in total. The van der Waals surface area contributed by atoms with Crippen LogP contribution in [0.2, 0.25) is 0 Å². The molecule has 4 aromatic rings. The molecule has 2 aromatic heterocycles. The zero-order chi connectivity index (χ0) is 17.2. The summed E-state index contributed by atoms with van der Waals surface area (Å²) in [5, 5.41) is 11.0. The minimum Gasteiger partial charge on any atom is -0.504 e. The van der Waals surface area contributed by atoms with Gasteiger partial charge in [-0.1, -0.05) is 18.2 Å². The van der Waals surface area contributed by atoms with Crippen molar-refractivity contribution >= 4 is 10.9 Å². The van der Waals surface area contributed by atoms with Gasteiger partial charge in [-0.25, -0.2) is 4.98 Å². The summed E-state index contributed by atoms with van der Waals surface area (Å²) >= 11 is 0. The lowest BCUT2D eigenvalue weighted by atomic mass is 10.1. The standard InChI is InChI=1S/C20H19N3O2/c1-25-20-10-14(6-7-19(20)24)18-12-21-13-23(18)9-8-15-11-22-17-5-3-2-4-16(15)17/h2-7,10-13,22,24H,8-9H2,1H3. The maximum atomic E-state index is 9.78. The van der Waals surface area contributed by atoms with E-state index in [-0.39, 0.29) is 5.75 Å². The topological polar surface area (TPSA) is 63.1 Å². The van der Waals surface area contributed by atoms with Gasteiger partial charge in [-0.2, -0.15) is 0 Å². The number of benzene rings is 2. The molecule has 0 saturated carbocycles. The van der Waals surface area contributed by atoms with Crippen LogP contribution in [0, 0.1) is 0 Å². The molecule has 0 amide bonds. The number of methoxy groups -OCH3 is 1. The summed E-state index contributed by atoms with van der Waals surface area (Å²) in [6.07, 6.45) is 6.65. The Balaban J connectivity index is 1.60. The fourth-order valence-corrected chi connectivity index (χ4v) is 3.16. The number of phenolic OH excluding ortho intramolecular Hbond substituents is 1. The number of phenols is 1. The van der Waals surface area contributed by atoms with Gasteiger partial charge >= 0.3 is 0 Å². The Kier molecular flexibility index (Phi) is 3.90. The third kappa shape index (κ3) is 2.85. The normalized spacial score (nSPS) is 11.1. The summed E-state index contributed by atoms with van der Waals surface area (Å²) < 4.78 is 7.33. The Bertz CT molecular complexity index is 1020. The van der Waals surface area contributed by atoms with Crippen molar-refractivity contribution in [2.45, 2.75) is 13.0 Å². The van der Waals surface area contributed by atoms with Gasteiger partial charge < -0.3 is 19.4 Å². The third-order valence-corrected chi connectivity index (χ3v) is 4.48. The second-order valence-corrected chi connectivity index (χ2v) is 5.97. The predicted octanol–water partition coefficient (Wildman–Crippen LogP) is 3.99. The van der Waals surface area contributed by atoms with Crippen LogP contribution in [0.3, 0.4) is 0 Å². The average molecular weight is 333 g/mol. The first-order chi connectivity index (χ1) is 12.3. The lowest BCUT2D eigenvalue weighted by Crippen LogP contribution is -2.01. The monoisotopic (exact) mass is 333 g/mol. The van der Waals surface area contributed by atoms with Crippen LogP contribution >= 0.6 is 0 Å². The molecule has 0 bridgehead atoms. The van der Waals surface area contributed by atoms with Gasteiger partial charge in [0.1, 0.15) is 0 Å². The van der Waals surface area contributed by atoms with Gasteiger partial charge in [-0.3, -0.25) is 0 Å². The molecule has 5 nitrogen and oxygen atoms in total. The lowest BCUT2D eigenvalue weighted by Gasteiger charge is -2.10. The van der Waals surface area contributed by atoms with Crippen LogP contribution in [0.4, 0.5) is 0 Å². The number of hydrogen-bond donors (Lipinski definition) is 2. The first-order valence-corrected chi connectivity index (χ1v) is 8.19. The van der Waals surface area contributed by atoms with Crippen molar-refractivity contribution < 1.29 is 9.84 Å². The number of para-hydroxylation sites is 1. The molecule has 2 aromatic carbocycles. The number of aromatic hydroxyl groups is 1. The van der Waals surface area contributed by atoms with Crippen LogP contribution in [0.25, 0.3) is 22.2 Å². The van der Waals surface area contributed by atoms with Crippen molar-refractivity contribution in [3.05, 3.63) is 66.7 Å². The highest BCUT2D eigenvalue weighted by Gasteiger charge is 2.10. The third-order valence-electron chi connectivity index (χ3n) is 4.48. The smallest absolute Gasteiger partial charge is 0.161 e. The maximum Gasteiger partial charge on any atom is 0.161 e. The predicted molar refractivity (Wildman–Crippen MR) is 97.9 cm³/mol. The van der Waals surface area contributed by atoms with Crippen molar-refractivity contribution in [1.29, 1.82) is 0 Å². The molecule has 0 spiro atoms. The molecule has 5 heteroatoms. The van der Waals surface area contributed by atoms with Crippen LogP contribution in [-0.2, 0) is 13.0 Å². The van der Waals surface area contributed by atoms with Crippen LogP contribution in [0.15, 0.2) is 61.2 Å². The molecule has 2 heterocycles. The van der Waals surface area contributed by atoms with E-state index in [0.29, 0.717) is 5.75 Å². The summed E-state index contributed by atoms with van der Waals surface area (Å²) in [5.74, 6) is 0.595. The number of hydrogen-bond acceptors (Lipinski definition) is 3. The molecule has 25 heavy (non-hydrogen) atoms. The van der Waals surface area contributed by atoms with Crippen molar-refractivity contribution in [2.24, 2.45) is 0 Å². The number of aromatic amines is 1. The molecule has 0 aliphatic heterocycles. The number of H-pyrrole nitrogens is 1. The molecule has 0 atom stereocenters. The summed E-state index contributed by atoms with van der Waals surface area (Å²) in [6.45, 7) is 0.820. The van der Waals surface area contributed by atoms with Gasteiger partial charge in [0.25, 0.3) is 0 Å². The molecule has 126 valence electrons. The van der Waals surface area contributed by atoms with Gasteiger partial charge in [0, 0.05) is 29.2 Å². The van der Waals surface area contributed by atoms with E-state index in [4.69, 9.17) is 4.74 Å². The highest BCUT2D eigenvalue weighted by Crippen LogP contribution is 2.31. The summed E-state index contributed by atoms with van der Waals surface area (Å²) in [5.41, 5.74) is 4.41. The van der Waals surface area contributed by atoms with Crippen LogP contribution < -0.4 is 4.74 Å². The molecule has 4 rings (SSSR count). The number of rotatable bonds is 5. The van der Waals surface area contributed by atoms with E-state index in [2.05, 4.69) is 38.9 Å². The number of fused-ring (bicyclic) bond motifs is 1. The first kappa shape index (κ1) is 15.3. The molecular weight excluding hydrogens is 314 g/mol. The molecule has 0 saturated heterocycles. The lowest BCUT2D eigenvalue weighted by molar-refractivity contribution is 0.373. The van der Waals surface area contributed by atoms with Crippen molar-refractivity contribution in [3.8, 4) is 22.8 Å². The van der Waals surface area contributed by atoms with Crippen molar-refractivity contribution in [1.82, 2.24) is 14.5 Å². The second-order valence-electron chi connectivity index (χ2n) is 5.97. The van der Waals surface area contributed by atoms with Crippen molar-refractivity contribution in [2.75, 3.05) is 7.11 Å². The minimum absolute atomic E-state index is 0.135. The summed E-state index contributed by atoms with van der Waals surface area (Å²) in [7, 11) is 1.55. The van der Waals surface area contributed by atoms with E-state index in [1.165, 1.54) is 10.9 Å². The van der Waals surface area contributed by atoms with Gasteiger partial charge in [0.05, 0.1) is 25.3 Å². The van der Waals surface area contributed by atoms with E-state index in [1.54, 1.807) is 13.2 Å². The second kappa shape index (κ2) is 6.36. The zero-order valence-electron chi connectivity index (χ0n) is 13.9. The summed E-state index contributed by atoms with van der Waals surface area (Å²) in [4.78, 5) is 7.61. The number of aryl methyl sites for hydroxylation is 2. The number of aromatic nitrogens is 3. The van der Waals surface area contributed by atoms with Crippen LogP contribution in [0.1, 0.15) is 5.56 Å². The number of ether oxygens (including phenoxy) is 1. The van der Waals surface area contributed by atoms with E-state index in [1.807, 2.05) is 30.7 Å². The van der Waals surface area contributed by atoms with Gasteiger partial charge in [0.2, 0.25) is 0 Å². The number of nitrogens with zero attached hydrogens (tertiary/aromatic N) is 2. The fourth-order valence-electron chi connectivity index (χ4n) is 3.16. The highest BCUT2D eigenvalue weighted by molar-refractivity contribution is 5.83. The van der Waals surface area contributed by atoms with Crippen LogP contribution in [-0.4, -0.2) is 26.8 Å². The Morgan fingerprint density at radius 2 is 2.08 bits per heavy atom. The van der Waals surface area contributed by atoms with Crippen molar-refractivity contribution in [3.63, 3.8) is 0 Å². The first-order valence-electron chi connectivity index (χ1n) is 8.19. The molecule has 0 radical (unpaired) electrons. The molecular formula is C20H19N3O2. The van der Waals surface area contributed by atoms with E-state index < -0.39 is 0 Å². The molecule has 0 fully saturated rings. The Hall–Kier alpha value is -3.21.